The molecule has 8 nitrogen and oxygen atoms in total. The van der Waals surface area contributed by atoms with E-state index in [2.05, 4.69) is 10.3 Å². The minimum atomic E-state index is -0.288. The van der Waals surface area contributed by atoms with Gasteiger partial charge in [0.1, 0.15) is 5.75 Å². The van der Waals surface area contributed by atoms with E-state index < -0.39 is 0 Å². The van der Waals surface area contributed by atoms with E-state index in [9.17, 15) is 14.4 Å². The van der Waals surface area contributed by atoms with E-state index in [0.29, 0.717) is 39.1 Å². The molecule has 0 aliphatic carbocycles. The monoisotopic (exact) mass is 552 g/mol. The van der Waals surface area contributed by atoms with Gasteiger partial charge in [0, 0.05) is 50.4 Å². The third-order valence-corrected chi connectivity index (χ3v) is 7.64. The minimum Gasteiger partial charge on any atom is -0.494 e. The second kappa shape index (κ2) is 13.7. The summed E-state index contributed by atoms with van der Waals surface area (Å²) in [5.74, 6) is 0.296. The van der Waals surface area contributed by atoms with Crippen molar-refractivity contribution in [3.05, 3.63) is 102 Å². The van der Waals surface area contributed by atoms with Crippen molar-refractivity contribution >= 4 is 23.8 Å². The van der Waals surface area contributed by atoms with E-state index in [1.165, 1.54) is 0 Å². The number of nitrogens with one attached hydrogen (secondary N) is 1. The number of fused-ring (bicyclic) bond motifs is 4. The van der Waals surface area contributed by atoms with Crippen molar-refractivity contribution < 1.29 is 19.1 Å². The predicted molar refractivity (Wildman–Crippen MR) is 157 cm³/mol. The molecule has 0 unspecified atom stereocenters. The summed E-state index contributed by atoms with van der Waals surface area (Å²) in [5, 5.41) is 3.16. The Morgan fingerprint density at radius 1 is 0.976 bits per heavy atom. The summed E-state index contributed by atoms with van der Waals surface area (Å²) in [4.78, 5) is 47.1. The molecule has 3 aromatic rings. The van der Waals surface area contributed by atoms with Crippen LogP contribution in [0.3, 0.4) is 0 Å². The first kappa shape index (κ1) is 28.1. The molecule has 5 rings (SSSR count). The van der Waals surface area contributed by atoms with Crippen LogP contribution in [0, 0.1) is 0 Å². The molecule has 8 heteroatoms. The first-order valence-electron chi connectivity index (χ1n) is 14.3. The summed E-state index contributed by atoms with van der Waals surface area (Å²) in [6.45, 7) is 1.85. The maximum atomic E-state index is 13.3. The van der Waals surface area contributed by atoms with Crippen LogP contribution in [0.15, 0.2) is 85.2 Å². The first-order valence-corrected chi connectivity index (χ1v) is 14.3. The van der Waals surface area contributed by atoms with Crippen LogP contribution in [-0.2, 0) is 20.8 Å². The molecule has 2 aliphatic rings. The van der Waals surface area contributed by atoms with Gasteiger partial charge in [0.05, 0.1) is 19.2 Å². The number of rotatable bonds is 5. The third-order valence-electron chi connectivity index (χ3n) is 7.64. The molecule has 1 saturated heterocycles. The van der Waals surface area contributed by atoms with Crippen molar-refractivity contribution in [1.29, 1.82) is 0 Å². The van der Waals surface area contributed by atoms with E-state index in [0.717, 1.165) is 35.3 Å². The van der Waals surface area contributed by atoms with Crippen molar-refractivity contribution in [3.8, 4) is 5.75 Å². The minimum absolute atomic E-state index is 0.0127. The van der Waals surface area contributed by atoms with Gasteiger partial charge in [-0.2, -0.15) is 0 Å². The molecule has 1 N–H and O–H groups in total. The lowest BCUT2D eigenvalue weighted by atomic mass is 9.94. The van der Waals surface area contributed by atoms with Gasteiger partial charge in [-0.15, -0.1) is 0 Å². The number of aryl methyl sites for hydroxylation is 1. The summed E-state index contributed by atoms with van der Waals surface area (Å²) in [6, 6.07) is 21.1. The third kappa shape index (κ3) is 7.81. The van der Waals surface area contributed by atoms with Crippen LogP contribution in [0.1, 0.15) is 41.9 Å². The highest BCUT2D eigenvalue weighted by molar-refractivity contribution is 5.92. The summed E-state index contributed by atoms with van der Waals surface area (Å²) in [6.07, 6.45) is 9.24. The van der Waals surface area contributed by atoms with Crippen LogP contribution in [0.5, 0.6) is 5.75 Å². The summed E-state index contributed by atoms with van der Waals surface area (Å²) >= 11 is 0. The van der Waals surface area contributed by atoms with Crippen molar-refractivity contribution in [1.82, 2.24) is 20.1 Å². The number of hydrogen-bond acceptors (Lipinski definition) is 5. The molecular formula is C33H36N4O4. The van der Waals surface area contributed by atoms with Crippen LogP contribution in [0.2, 0.25) is 0 Å². The lowest BCUT2D eigenvalue weighted by molar-refractivity contribution is -0.136. The van der Waals surface area contributed by atoms with E-state index in [1.54, 1.807) is 28.3 Å². The molecule has 2 atom stereocenters. The van der Waals surface area contributed by atoms with Gasteiger partial charge in [0.25, 0.3) is 0 Å². The largest absolute Gasteiger partial charge is 0.494 e. The molecular weight excluding hydrogens is 516 g/mol. The fraction of sp³-hybridized carbons (Fsp3) is 0.333. The average molecular weight is 553 g/mol. The van der Waals surface area contributed by atoms with Gasteiger partial charge in [0.15, 0.2) is 0 Å². The molecule has 0 saturated carbocycles. The number of likely N-dealkylation sites (tertiary alicyclic amines) is 1. The first-order chi connectivity index (χ1) is 20.0. The fourth-order valence-electron chi connectivity index (χ4n) is 5.41. The zero-order valence-corrected chi connectivity index (χ0v) is 23.2. The van der Waals surface area contributed by atoms with E-state index >= 15 is 0 Å². The highest BCUT2D eigenvalue weighted by atomic mass is 16.5. The smallest absolute Gasteiger partial charge is 0.246 e. The van der Waals surface area contributed by atoms with Gasteiger partial charge >= 0.3 is 0 Å². The van der Waals surface area contributed by atoms with Crippen molar-refractivity contribution in [2.75, 3.05) is 32.8 Å². The lowest BCUT2D eigenvalue weighted by Crippen LogP contribution is -2.47. The van der Waals surface area contributed by atoms with E-state index in [4.69, 9.17) is 4.74 Å². The molecule has 2 bridgehead atoms. The van der Waals surface area contributed by atoms with Gasteiger partial charge < -0.3 is 19.9 Å². The maximum Gasteiger partial charge on any atom is 0.246 e. The summed E-state index contributed by atoms with van der Waals surface area (Å²) in [5.41, 5.74) is 3.00. The Morgan fingerprint density at radius 2 is 1.80 bits per heavy atom. The van der Waals surface area contributed by atoms with Gasteiger partial charge in [-0.3, -0.25) is 19.4 Å². The number of amides is 3. The zero-order valence-electron chi connectivity index (χ0n) is 23.2. The summed E-state index contributed by atoms with van der Waals surface area (Å²) in [7, 11) is 0. The quantitative estimate of drug-likeness (QED) is 0.486. The molecule has 1 fully saturated rings. The van der Waals surface area contributed by atoms with Gasteiger partial charge in [-0.25, -0.2) is 0 Å². The number of ether oxygens (including phenoxy) is 1. The number of pyridine rings is 1. The zero-order chi connectivity index (χ0) is 28.4. The average Bonchev–Trinajstić information content (AvgIpc) is 3.42. The topological polar surface area (TPSA) is 91.8 Å². The number of benzene rings is 2. The lowest BCUT2D eigenvalue weighted by Gasteiger charge is -2.26. The highest BCUT2D eigenvalue weighted by Crippen LogP contribution is 2.30. The standard InChI is InChI=1S/C33H36N4O4/c38-31-24-36(32(39)13-12-26-15-17-34-18-16-26)19-4-5-20-41-28-10-6-9-27(21-28)29-22-37(23-30(29)35-31)33(40)14-11-25-7-2-1-3-8-25/h1-3,6-11,14-18,21,29-30H,4-5,12-13,19-20,22-24H2,(H,35,38)/t29-,30+/m1/s1. The maximum absolute atomic E-state index is 13.3. The van der Waals surface area contributed by atoms with Crippen LogP contribution in [0.4, 0.5) is 0 Å². The van der Waals surface area contributed by atoms with E-state index in [1.807, 2.05) is 72.8 Å². The molecule has 3 amide bonds. The Bertz CT molecular complexity index is 1360. The SMILES string of the molecule is O=C1CN(C(=O)CCc2ccncc2)CCCCOc2cccc(c2)[C@H]2CN(C(=O)C=Cc3ccccc3)C[C@@H]2N1. The number of nitrogens with zero attached hydrogens (tertiary/aromatic N) is 3. The van der Waals surface area contributed by atoms with Crippen molar-refractivity contribution in [2.24, 2.45) is 0 Å². The Balaban J connectivity index is 1.31. The number of hydrogen-bond donors (Lipinski definition) is 1. The van der Waals surface area contributed by atoms with Gasteiger partial charge in [0.2, 0.25) is 17.7 Å². The van der Waals surface area contributed by atoms with Crippen molar-refractivity contribution in [2.45, 2.75) is 37.6 Å². The molecule has 212 valence electrons. The Labute approximate surface area is 241 Å². The Hall–Kier alpha value is -4.46. The van der Waals surface area contributed by atoms with Crippen LogP contribution >= 0.6 is 0 Å². The number of carbonyl (C=O) groups excluding carboxylic acids is 3. The molecule has 1 aromatic heterocycles. The second-order valence-electron chi connectivity index (χ2n) is 10.6. The van der Waals surface area contributed by atoms with Crippen LogP contribution < -0.4 is 10.1 Å². The van der Waals surface area contributed by atoms with E-state index in [-0.39, 0.29) is 36.2 Å². The molecule has 41 heavy (non-hydrogen) atoms. The normalized spacial score (nSPS) is 19.7. The number of aromatic nitrogens is 1. The highest BCUT2D eigenvalue weighted by Gasteiger charge is 2.37. The van der Waals surface area contributed by atoms with Gasteiger partial charge in [-0.05, 0) is 66.3 Å². The fourth-order valence-corrected chi connectivity index (χ4v) is 5.41. The molecule has 2 aliphatic heterocycles. The molecule has 0 spiro atoms. The summed E-state index contributed by atoms with van der Waals surface area (Å²) < 4.78 is 6.04. The number of carbonyl (C=O) groups is 3. The molecule has 2 aromatic carbocycles. The molecule has 3 heterocycles. The van der Waals surface area contributed by atoms with Gasteiger partial charge in [-0.1, -0.05) is 42.5 Å². The predicted octanol–water partition coefficient (Wildman–Crippen LogP) is 3.84. The second-order valence-corrected chi connectivity index (χ2v) is 10.6. The Kier molecular flexibility index (Phi) is 9.41. The van der Waals surface area contributed by atoms with Crippen molar-refractivity contribution in [3.63, 3.8) is 0 Å². The van der Waals surface area contributed by atoms with Crippen LogP contribution in [-0.4, -0.2) is 71.3 Å². The Morgan fingerprint density at radius 3 is 2.63 bits per heavy atom. The molecule has 0 radical (unpaired) electrons. The van der Waals surface area contributed by atoms with Crippen LogP contribution in [0.25, 0.3) is 6.08 Å².